The number of imide groups is 1. The fourth-order valence-electron chi connectivity index (χ4n) is 8.13. The lowest BCUT2D eigenvalue weighted by molar-refractivity contribution is -0.164. The van der Waals surface area contributed by atoms with Crippen LogP contribution in [0.2, 0.25) is 5.02 Å². The summed E-state index contributed by atoms with van der Waals surface area (Å²) in [7, 11) is 0. The van der Waals surface area contributed by atoms with Crippen LogP contribution in [0.25, 0.3) is 0 Å². The summed E-state index contributed by atoms with van der Waals surface area (Å²) in [6, 6.07) is 19.6. The molecule has 1 atom stereocenters. The Kier molecular flexibility index (Phi) is 10.5. The van der Waals surface area contributed by atoms with Crippen LogP contribution in [0.15, 0.2) is 60.7 Å². The molecule has 1 aliphatic carbocycles. The average molecular weight is 725 g/mol. The highest BCUT2D eigenvalue weighted by Gasteiger charge is 2.64. The minimum Gasteiger partial charge on any atom is -0.489 e. The number of fused-ring (bicyclic) bond motifs is 1. The molecular formula is C40H45ClN6O5. The molecule has 0 radical (unpaired) electrons. The van der Waals surface area contributed by atoms with Crippen molar-refractivity contribution in [1.29, 1.82) is 5.26 Å². The highest BCUT2D eigenvalue weighted by Crippen LogP contribution is 2.55. The van der Waals surface area contributed by atoms with E-state index in [2.05, 4.69) is 55.0 Å². The first kappa shape index (κ1) is 36.7. The molecule has 2 aliphatic heterocycles. The topological polar surface area (TPSA) is 153 Å². The van der Waals surface area contributed by atoms with Gasteiger partial charge in [0.15, 0.2) is 0 Å². The van der Waals surface area contributed by atoms with Crippen LogP contribution in [-0.2, 0) is 16.1 Å². The zero-order valence-electron chi connectivity index (χ0n) is 30.0. The first-order chi connectivity index (χ1) is 24.8. The second-order valence-corrected chi connectivity index (χ2v) is 15.5. The molecule has 3 aliphatic rings. The summed E-state index contributed by atoms with van der Waals surface area (Å²) >= 11 is 6.22. The number of nitriles is 1. The minimum atomic E-state index is -0.614. The Bertz CT molecular complexity index is 1900. The number of piperidine rings is 1. The number of carbonyl (C=O) groups is 4. The molecule has 4 amide bonds. The Labute approximate surface area is 309 Å². The molecule has 0 bridgehead atoms. The van der Waals surface area contributed by atoms with Gasteiger partial charge in [-0.2, -0.15) is 5.26 Å². The number of amides is 4. The summed E-state index contributed by atoms with van der Waals surface area (Å²) in [5.74, 6) is -0.406. The fourth-order valence-corrected chi connectivity index (χ4v) is 8.34. The zero-order valence-corrected chi connectivity index (χ0v) is 30.7. The summed E-state index contributed by atoms with van der Waals surface area (Å²) < 4.78 is 6.34. The maximum Gasteiger partial charge on any atom is 0.255 e. The van der Waals surface area contributed by atoms with Crippen molar-refractivity contribution in [2.45, 2.75) is 84.5 Å². The molecule has 1 unspecified atom stereocenters. The van der Waals surface area contributed by atoms with Crippen LogP contribution in [0.4, 0.5) is 11.4 Å². The van der Waals surface area contributed by atoms with Crippen molar-refractivity contribution < 1.29 is 23.9 Å². The van der Waals surface area contributed by atoms with E-state index in [0.717, 1.165) is 49.3 Å². The van der Waals surface area contributed by atoms with E-state index >= 15 is 0 Å². The molecule has 0 spiro atoms. The van der Waals surface area contributed by atoms with E-state index in [-0.39, 0.29) is 47.1 Å². The lowest BCUT2D eigenvalue weighted by Crippen LogP contribution is -2.74. The molecule has 12 heteroatoms. The van der Waals surface area contributed by atoms with Crippen LogP contribution in [-0.4, -0.2) is 59.8 Å². The third-order valence-corrected chi connectivity index (χ3v) is 10.9. The Morgan fingerprint density at radius 3 is 2.27 bits per heavy atom. The normalized spacial score (nSPS) is 21.3. The Morgan fingerprint density at radius 1 is 0.942 bits per heavy atom. The van der Waals surface area contributed by atoms with E-state index in [0.29, 0.717) is 40.4 Å². The highest BCUT2D eigenvalue weighted by atomic mass is 35.5. The summed E-state index contributed by atoms with van der Waals surface area (Å²) in [6.07, 6.45) is 3.38. The van der Waals surface area contributed by atoms with Crippen molar-refractivity contribution in [2.24, 2.45) is 10.8 Å². The van der Waals surface area contributed by atoms with Gasteiger partial charge in [-0.15, -0.1) is 0 Å². The molecule has 4 N–H and O–H groups in total. The predicted molar refractivity (Wildman–Crippen MR) is 199 cm³/mol. The Hall–Kier alpha value is -5.08. The maximum absolute atomic E-state index is 13.3. The van der Waals surface area contributed by atoms with Gasteiger partial charge in [0.2, 0.25) is 11.8 Å². The molecule has 6 rings (SSSR count). The summed E-state index contributed by atoms with van der Waals surface area (Å²) in [6.45, 7) is 10.3. The molecule has 52 heavy (non-hydrogen) atoms. The number of nitrogens with zero attached hydrogens (tertiary/aromatic N) is 2. The van der Waals surface area contributed by atoms with Crippen molar-refractivity contribution in [3.8, 4) is 11.8 Å². The van der Waals surface area contributed by atoms with E-state index in [1.165, 1.54) is 0 Å². The average Bonchev–Trinajstić information content (AvgIpc) is 3.43. The number of hydrogen-bond donors (Lipinski definition) is 4. The van der Waals surface area contributed by atoms with Crippen molar-refractivity contribution in [1.82, 2.24) is 15.5 Å². The molecular weight excluding hydrogens is 680 g/mol. The smallest absolute Gasteiger partial charge is 0.255 e. The Morgan fingerprint density at radius 2 is 1.62 bits per heavy atom. The molecule has 2 heterocycles. The molecule has 1 saturated heterocycles. The van der Waals surface area contributed by atoms with E-state index in [9.17, 15) is 19.2 Å². The minimum absolute atomic E-state index is 0.124. The standard InChI is InChI=1S/C40H45ClN6O5/c1-39(2)37(40(3,4)38(39)52-29-14-10-25(22-42)31(41)21-29)46-34(49)24-8-11-27(12-9-24)43-18-6-5-7-19-44-28-13-15-30-26(20-28)23-47(36(30)51)32-16-17-33(48)45-35(32)50/h8-15,20-21,32,37-38,43-44H,5-7,16-19,23H2,1-4H3,(H,46,49)(H,45,48,50)/t32?,37-,38-. The second kappa shape index (κ2) is 14.9. The first-order valence-electron chi connectivity index (χ1n) is 17.8. The second-order valence-electron chi connectivity index (χ2n) is 15.1. The monoisotopic (exact) mass is 724 g/mol. The van der Waals surface area contributed by atoms with Crippen LogP contribution in [0.1, 0.15) is 91.6 Å². The summed E-state index contributed by atoms with van der Waals surface area (Å²) in [4.78, 5) is 51.6. The first-order valence-corrected chi connectivity index (χ1v) is 18.2. The van der Waals surface area contributed by atoms with Gasteiger partial charge >= 0.3 is 0 Å². The third-order valence-electron chi connectivity index (χ3n) is 10.6. The number of halogens is 1. The molecule has 3 aromatic carbocycles. The van der Waals surface area contributed by atoms with Crippen LogP contribution >= 0.6 is 11.6 Å². The number of rotatable bonds is 13. The van der Waals surface area contributed by atoms with Crippen molar-refractivity contribution in [2.75, 3.05) is 23.7 Å². The van der Waals surface area contributed by atoms with Crippen molar-refractivity contribution in [3.05, 3.63) is 87.9 Å². The van der Waals surface area contributed by atoms with Gasteiger partial charge in [-0.05, 0) is 85.8 Å². The van der Waals surface area contributed by atoms with E-state index in [4.69, 9.17) is 21.6 Å². The largest absolute Gasteiger partial charge is 0.489 e. The van der Waals surface area contributed by atoms with Gasteiger partial charge in [-0.3, -0.25) is 24.5 Å². The van der Waals surface area contributed by atoms with Gasteiger partial charge in [0, 0.05) is 71.5 Å². The Balaban J connectivity index is 0.899. The lowest BCUT2D eigenvalue weighted by Gasteiger charge is -2.63. The van der Waals surface area contributed by atoms with Crippen LogP contribution < -0.4 is 26.0 Å². The highest BCUT2D eigenvalue weighted by molar-refractivity contribution is 6.31. The summed E-state index contributed by atoms with van der Waals surface area (Å²) in [5, 5.41) is 22.0. The van der Waals surface area contributed by atoms with Crippen LogP contribution in [0.3, 0.4) is 0 Å². The number of ether oxygens (including phenoxy) is 1. The van der Waals surface area contributed by atoms with Gasteiger partial charge in [-0.1, -0.05) is 39.3 Å². The van der Waals surface area contributed by atoms with Crippen LogP contribution in [0, 0.1) is 22.2 Å². The van der Waals surface area contributed by atoms with Crippen LogP contribution in [0.5, 0.6) is 5.75 Å². The number of benzene rings is 3. The SMILES string of the molecule is CC1(C)[C@H](NC(=O)c2ccc(NCCCCCNc3ccc4c(c3)CN(C3CCC(=O)NC3=O)C4=O)cc2)C(C)(C)[C@H]1Oc1ccc(C#N)c(Cl)c1. The van der Waals surface area contributed by atoms with Gasteiger partial charge in [0.1, 0.15) is 24.0 Å². The van der Waals surface area contributed by atoms with Gasteiger partial charge < -0.3 is 25.6 Å². The predicted octanol–water partition coefficient (Wildman–Crippen LogP) is 6.28. The number of hydrogen-bond acceptors (Lipinski definition) is 8. The number of nitrogens with one attached hydrogen (secondary N) is 4. The van der Waals surface area contributed by atoms with Gasteiger partial charge in [0.05, 0.1) is 10.6 Å². The zero-order chi connectivity index (χ0) is 37.2. The number of anilines is 2. The van der Waals surface area contributed by atoms with Crippen molar-refractivity contribution >= 4 is 46.6 Å². The quantitative estimate of drug-likeness (QED) is 0.119. The molecule has 1 saturated carbocycles. The van der Waals surface area contributed by atoms with E-state index in [1.807, 2.05) is 42.5 Å². The molecule has 2 fully saturated rings. The molecule has 3 aromatic rings. The third kappa shape index (κ3) is 7.44. The fraction of sp³-hybridized carbons (Fsp3) is 0.425. The number of unbranched alkanes of at least 4 members (excludes halogenated alkanes) is 2. The molecule has 11 nitrogen and oxygen atoms in total. The van der Waals surface area contributed by atoms with Gasteiger partial charge in [-0.25, -0.2) is 0 Å². The lowest BCUT2D eigenvalue weighted by atomic mass is 9.49. The van der Waals surface area contributed by atoms with Crippen molar-refractivity contribution in [3.63, 3.8) is 0 Å². The van der Waals surface area contributed by atoms with E-state index in [1.54, 1.807) is 23.1 Å². The molecule has 0 aromatic heterocycles. The maximum atomic E-state index is 13.3. The van der Waals surface area contributed by atoms with Gasteiger partial charge in [0.25, 0.3) is 11.8 Å². The molecule has 272 valence electrons. The summed E-state index contributed by atoms with van der Waals surface area (Å²) in [5.41, 5.74) is 3.67. The number of carbonyl (C=O) groups excluding carboxylic acids is 4. The van der Waals surface area contributed by atoms with E-state index < -0.39 is 11.9 Å².